The summed E-state index contributed by atoms with van der Waals surface area (Å²) in [5.41, 5.74) is 1.01. The molecule has 3 rings (SSSR count). The number of nitrogens with zero attached hydrogens (tertiary/aromatic N) is 2. The van der Waals surface area contributed by atoms with E-state index in [0.717, 1.165) is 34.1 Å². The lowest BCUT2D eigenvalue weighted by atomic mass is 10.1. The number of ether oxygens (including phenoxy) is 1. The van der Waals surface area contributed by atoms with Crippen LogP contribution in [0.15, 0.2) is 83.8 Å². The number of halogens is 1. The van der Waals surface area contributed by atoms with Gasteiger partial charge in [0.15, 0.2) is 0 Å². The van der Waals surface area contributed by atoms with Crippen molar-refractivity contribution in [2.24, 2.45) is 5.92 Å². The summed E-state index contributed by atoms with van der Waals surface area (Å²) in [4.78, 5) is 28.5. The van der Waals surface area contributed by atoms with Crippen molar-refractivity contribution in [1.29, 1.82) is 0 Å². The molecule has 0 fully saturated rings. The monoisotopic (exact) mass is 569 g/mol. The number of carbonyl (C=O) groups is 2. The van der Waals surface area contributed by atoms with E-state index in [9.17, 15) is 22.4 Å². The van der Waals surface area contributed by atoms with Crippen LogP contribution in [-0.2, 0) is 26.2 Å². The summed E-state index contributed by atoms with van der Waals surface area (Å²) >= 11 is 0. The van der Waals surface area contributed by atoms with E-state index in [2.05, 4.69) is 5.32 Å². The highest BCUT2D eigenvalue weighted by Gasteiger charge is 2.33. The fourth-order valence-corrected chi connectivity index (χ4v) is 5.54. The predicted molar refractivity (Wildman–Crippen MR) is 153 cm³/mol. The van der Waals surface area contributed by atoms with Gasteiger partial charge in [0.25, 0.3) is 10.0 Å². The number of para-hydroxylation sites is 1. The van der Waals surface area contributed by atoms with E-state index in [-0.39, 0.29) is 29.0 Å². The van der Waals surface area contributed by atoms with Crippen molar-refractivity contribution in [3.8, 4) is 5.75 Å². The zero-order chi connectivity index (χ0) is 29.3. The first-order chi connectivity index (χ1) is 19.1. The Labute approximate surface area is 235 Å². The number of hydrogen-bond acceptors (Lipinski definition) is 5. The Morgan fingerprint density at radius 1 is 0.950 bits per heavy atom. The van der Waals surface area contributed by atoms with Crippen molar-refractivity contribution < 1.29 is 27.1 Å². The van der Waals surface area contributed by atoms with E-state index in [4.69, 9.17) is 4.74 Å². The molecular weight excluding hydrogens is 533 g/mol. The Morgan fingerprint density at radius 2 is 1.57 bits per heavy atom. The Balaban J connectivity index is 2.01. The largest absolute Gasteiger partial charge is 0.497 e. The number of rotatable bonds is 13. The number of nitrogens with one attached hydrogen (secondary N) is 1. The summed E-state index contributed by atoms with van der Waals surface area (Å²) < 4.78 is 47.2. The number of methoxy groups -OCH3 is 1. The van der Waals surface area contributed by atoms with Crippen LogP contribution in [0.1, 0.15) is 32.8 Å². The number of amides is 2. The Kier molecular flexibility index (Phi) is 10.7. The molecule has 0 aromatic heterocycles. The molecule has 0 unspecified atom stereocenters. The quantitative estimate of drug-likeness (QED) is 0.324. The van der Waals surface area contributed by atoms with Gasteiger partial charge in [-0.05, 0) is 66.4 Å². The van der Waals surface area contributed by atoms with Gasteiger partial charge < -0.3 is 15.0 Å². The van der Waals surface area contributed by atoms with Crippen molar-refractivity contribution in [1.82, 2.24) is 10.2 Å². The smallest absolute Gasteiger partial charge is 0.264 e. The van der Waals surface area contributed by atoms with Crippen molar-refractivity contribution in [3.63, 3.8) is 0 Å². The molecule has 0 heterocycles. The van der Waals surface area contributed by atoms with Gasteiger partial charge in [0.05, 0.1) is 17.7 Å². The number of carbonyl (C=O) groups excluding carboxylic acids is 2. The van der Waals surface area contributed by atoms with E-state index < -0.39 is 34.3 Å². The Hall–Kier alpha value is -3.92. The van der Waals surface area contributed by atoms with E-state index in [0.29, 0.717) is 18.7 Å². The maximum Gasteiger partial charge on any atom is 0.264 e. The number of anilines is 1. The normalized spacial score (nSPS) is 12.1. The molecule has 0 bridgehead atoms. The zero-order valence-electron chi connectivity index (χ0n) is 23.2. The summed E-state index contributed by atoms with van der Waals surface area (Å²) in [6.45, 7) is 5.70. The SMILES string of the molecule is CC[C@H](C(=O)NCC(C)C)N(Cc1ccc(OC)cc1)C(=O)CN(c1ccccc1)S(=O)(=O)c1ccc(F)cc1. The third kappa shape index (κ3) is 7.81. The highest BCUT2D eigenvalue weighted by Crippen LogP contribution is 2.25. The second kappa shape index (κ2) is 13.9. The van der Waals surface area contributed by atoms with Gasteiger partial charge in [0, 0.05) is 13.1 Å². The maximum atomic E-state index is 14.0. The van der Waals surface area contributed by atoms with Crippen LogP contribution < -0.4 is 14.4 Å². The molecule has 214 valence electrons. The molecule has 10 heteroatoms. The van der Waals surface area contributed by atoms with Gasteiger partial charge >= 0.3 is 0 Å². The van der Waals surface area contributed by atoms with Crippen molar-refractivity contribution >= 4 is 27.5 Å². The highest BCUT2D eigenvalue weighted by atomic mass is 32.2. The van der Waals surface area contributed by atoms with Crippen LogP contribution in [0.5, 0.6) is 5.75 Å². The average molecular weight is 570 g/mol. The molecule has 0 saturated carbocycles. The van der Waals surface area contributed by atoms with Crippen molar-refractivity contribution in [2.45, 2.75) is 44.7 Å². The topological polar surface area (TPSA) is 96.0 Å². The summed E-state index contributed by atoms with van der Waals surface area (Å²) in [5, 5.41) is 2.90. The van der Waals surface area contributed by atoms with Gasteiger partial charge in [0.1, 0.15) is 24.2 Å². The summed E-state index contributed by atoms with van der Waals surface area (Å²) in [5.74, 6) is -0.599. The first-order valence-corrected chi connectivity index (χ1v) is 14.5. The van der Waals surface area contributed by atoms with E-state index in [1.54, 1.807) is 68.6 Å². The first-order valence-electron chi connectivity index (χ1n) is 13.1. The lowest BCUT2D eigenvalue weighted by Crippen LogP contribution is -2.52. The standard InChI is InChI=1S/C30H36FN3O5S/c1-5-28(30(36)32-19-22(2)3)33(20-23-11-15-26(39-4)16-12-23)29(35)21-34(25-9-7-6-8-10-25)40(37,38)27-17-13-24(31)14-18-27/h6-18,22,28H,5,19-21H2,1-4H3,(H,32,36)/t28-/m1/s1. The minimum atomic E-state index is -4.25. The second-order valence-electron chi connectivity index (χ2n) is 9.73. The predicted octanol–water partition coefficient (Wildman–Crippen LogP) is 4.61. The summed E-state index contributed by atoms with van der Waals surface area (Å²) in [7, 11) is -2.70. The van der Waals surface area contributed by atoms with Crippen LogP contribution in [0.2, 0.25) is 0 Å². The fraction of sp³-hybridized carbons (Fsp3) is 0.333. The second-order valence-corrected chi connectivity index (χ2v) is 11.6. The summed E-state index contributed by atoms with van der Waals surface area (Å²) in [6.07, 6.45) is 0.321. The maximum absolute atomic E-state index is 14.0. The van der Waals surface area contributed by atoms with Crippen molar-refractivity contribution in [2.75, 3.05) is 24.5 Å². The molecule has 3 aromatic carbocycles. The van der Waals surface area contributed by atoms with E-state index in [1.165, 1.54) is 4.90 Å². The van der Waals surface area contributed by atoms with Crippen LogP contribution >= 0.6 is 0 Å². The highest BCUT2D eigenvalue weighted by molar-refractivity contribution is 7.92. The molecule has 0 aliphatic rings. The minimum absolute atomic E-state index is 0.0790. The fourth-order valence-electron chi connectivity index (χ4n) is 4.13. The molecule has 0 aliphatic heterocycles. The van der Waals surface area contributed by atoms with Crippen LogP contribution in [0.25, 0.3) is 0 Å². The van der Waals surface area contributed by atoms with Gasteiger partial charge in [0.2, 0.25) is 11.8 Å². The molecule has 2 amide bonds. The van der Waals surface area contributed by atoms with Gasteiger partial charge in [-0.2, -0.15) is 0 Å². The van der Waals surface area contributed by atoms with Gasteiger partial charge in [-0.3, -0.25) is 13.9 Å². The zero-order valence-corrected chi connectivity index (χ0v) is 24.0. The molecular formula is C30H36FN3O5S. The van der Waals surface area contributed by atoms with Gasteiger partial charge in [-0.1, -0.05) is 51.1 Å². The molecule has 0 saturated heterocycles. The third-order valence-electron chi connectivity index (χ3n) is 6.31. The number of hydrogen-bond donors (Lipinski definition) is 1. The molecule has 8 nitrogen and oxygen atoms in total. The average Bonchev–Trinajstić information content (AvgIpc) is 2.95. The summed E-state index contributed by atoms with van der Waals surface area (Å²) in [6, 6.07) is 18.9. The van der Waals surface area contributed by atoms with Crippen molar-refractivity contribution in [3.05, 3.63) is 90.2 Å². The molecule has 3 aromatic rings. The first kappa shape index (κ1) is 30.6. The van der Waals surface area contributed by atoms with Crippen LogP contribution in [0.4, 0.5) is 10.1 Å². The van der Waals surface area contributed by atoms with E-state index >= 15 is 0 Å². The lowest BCUT2D eigenvalue weighted by molar-refractivity contribution is -0.140. The Bertz CT molecular complexity index is 1360. The van der Waals surface area contributed by atoms with Gasteiger partial charge in [-0.25, -0.2) is 12.8 Å². The molecule has 1 N–H and O–H groups in total. The number of sulfonamides is 1. The Morgan fingerprint density at radius 3 is 2.12 bits per heavy atom. The minimum Gasteiger partial charge on any atom is -0.497 e. The molecule has 40 heavy (non-hydrogen) atoms. The molecule has 1 atom stereocenters. The molecule has 0 spiro atoms. The van der Waals surface area contributed by atoms with Crippen LogP contribution in [-0.4, -0.2) is 51.4 Å². The van der Waals surface area contributed by atoms with Crippen LogP contribution in [0, 0.1) is 11.7 Å². The lowest BCUT2D eigenvalue weighted by Gasteiger charge is -2.33. The van der Waals surface area contributed by atoms with Gasteiger partial charge in [-0.15, -0.1) is 0 Å². The molecule has 0 aliphatic carbocycles. The third-order valence-corrected chi connectivity index (χ3v) is 8.10. The molecule has 0 radical (unpaired) electrons. The number of benzene rings is 3. The van der Waals surface area contributed by atoms with E-state index in [1.807, 2.05) is 13.8 Å². The van der Waals surface area contributed by atoms with Crippen LogP contribution in [0.3, 0.4) is 0 Å².